The van der Waals surface area contributed by atoms with Gasteiger partial charge < -0.3 is 15.2 Å². The molecule has 2 aliphatic rings. The van der Waals surface area contributed by atoms with E-state index in [-0.39, 0.29) is 5.69 Å². The predicted molar refractivity (Wildman–Crippen MR) is 96.6 cm³/mol. The maximum atomic E-state index is 12.3. The molecule has 24 heavy (non-hydrogen) atoms. The van der Waals surface area contributed by atoms with Crippen LogP contribution in [0.25, 0.3) is 11.0 Å². The Morgan fingerprint density at radius 1 is 0.958 bits per heavy atom. The van der Waals surface area contributed by atoms with Crippen LogP contribution in [0.5, 0.6) is 0 Å². The van der Waals surface area contributed by atoms with Crippen LogP contribution in [0, 0.1) is 0 Å². The van der Waals surface area contributed by atoms with Crippen LogP contribution in [-0.2, 0) is 0 Å². The van der Waals surface area contributed by atoms with Crippen LogP contribution in [0.4, 0.5) is 0 Å². The highest BCUT2D eigenvalue weighted by atomic mass is 16.1. The summed E-state index contributed by atoms with van der Waals surface area (Å²) in [5.74, 6) is 0. The molecule has 6 nitrogen and oxygen atoms in total. The lowest BCUT2D eigenvalue weighted by Gasteiger charge is -2.35. The summed E-state index contributed by atoms with van der Waals surface area (Å²) in [7, 11) is 0. The molecule has 0 spiro atoms. The van der Waals surface area contributed by atoms with E-state index in [1.165, 1.54) is 19.6 Å². The van der Waals surface area contributed by atoms with Crippen LogP contribution in [0.3, 0.4) is 0 Å². The number of hydrogen-bond donors (Lipinski definition) is 2. The van der Waals surface area contributed by atoms with Crippen molar-refractivity contribution in [3.63, 3.8) is 0 Å². The summed E-state index contributed by atoms with van der Waals surface area (Å²) >= 11 is 0. The van der Waals surface area contributed by atoms with Crippen LogP contribution >= 0.6 is 0 Å². The summed E-state index contributed by atoms with van der Waals surface area (Å²) in [6.07, 6.45) is 2.12. The number of aromatic amines is 1. The first kappa shape index (κ1) is 15.9. The molecule has 0 saturated carbocycles. The molecule has 130 valence electrons. The molecule has 0 radical (unpaired) electrons. The van der Waals surface area contributed by atoms with E-state index in [4.69, 9.17) is 0 Å². The smallest absolute Gasteiger partial charge is 0.314 e. The van der Waals surface area contributed by atoms with E-state index in [0.717, 1.165) is 56.6 Å². The van der Waals surface area contributed by atoms with Crippen LogP contribution in [-0.4, -0.2) is 71.7 Å². The molecule has 4 rings (SSSR count). The third-order valence-electron chi connectivity index (χ3n) is 5.49. The second-order valence-corrected chi connectivity index (χ2v) is 6.98. The molecule has 0 unspecified atom stereocenters. The third-order valence-corrected chi connectivity index (χ3v) is 5.49. The van der Waals surface area contributed by atoms with Gasteiger partial charge in [-0.25, -0.2) is 4.79 Å². The number of nitrogens with zero attached hydrogens (tertiary/aromatic N) is 3. The fourth-order valence-electron chi connectivity index (χ4n) is 4.06. The topological polar surface area (TPSA) is 56.3 Å². The van der Waals surface area contributed by atoms with Crippen LogP contribution in [0.1, 0.15) is 18.9 Å². The van der Waals surface area contributed by atoms with Gasteiger partial charge in [-0.1, -0.05) is 12.1 Å². The van der Waals surface area contributed by atoms with E-state index in [0.29, 0.717) is 6.04 Å². The van der Waals surface area contributed by atoms with Crippen molar-refractivity contribution in [1.29, 1.82) is 0 Å². The van der Waals surface area contributed by atoms with E-state index < -0.39 is 0 Å². The van der Waals surface area contributed by atoms with E-state index in [2.05, 4.69) is 20.1 Å². The molecule has 2 aromatic rings. The summed E-state index contributed by atoms with van der Waals surface area (Å²) < 4.78 is 1.98. The van der Waals surface area contributed by atoms with Gasteiger partial charge >= 0.3 is 5.69 Å². The van der Waals surface area contributed by atoms with Crippen molar-refractivity contribution in [2.75, 3.05) is 52.4 Å². The minimum Gasteiger partial charge on any atom is -0.314 e. The molecule has 2 saturated heterocycles. The quantitative estimate of drug-likeness (QED) is 0.874. The van der Waals surface area contributed by atoms with Crippen molar-refractivity contribution in [2.45, 2.75) is 18.9 Å². The second kappa shape index (κ2) is 7.09. The minimum absolute atomic E-state index is 0.0375. The number of piperidine rings is 1. The fraction of sp³-hybridized carbons (Fsp3) is 0.611. The average molecular weight is 329 g/mol. The molecule has 1 aromatic heterocycles. The van der Waals surface area contributed by atoms with Crippen molar-refractivity contribution < 1.29 is 0 Å². The highest BCUT2D eigenvalue weighted by Gasteiger charge is 2.23. The van der Waals surface area contributed by atoms with Crippen molar-refractivity contribution in [2.24, 2.45) is 0 Å². The van der Waals surface area contributed by atoms with Crippen LogP contribution in [0.2, 0.25) is 0 Å². The zero-order valence-electron chi connectivity index (χ0n) is 14.2. The minimum atomic E-state index is 0.0375. The lowest BCUT2D eigenvalue weighted by Crippen LogP contribution is -2.47. The summed E-state index contributed by atoms with van der Waals surface area (Å²) in [4.78, 5) is 20.4. The summed E-state index contributed by atoms with van der Waals surface area (Å²) in [5, 5.41) is 3.40. The maximum Gasteiger partial charge on any atom is 0.326 e. The number of likely N-dealkylation sites (tertiary alicyclic amines) is 1. The summed E-state index contributed by atoms with van der Waals surface area (Å²) in [6, 6.07) is 8.33. The van der Waals surface area contributed by atoms with Crippen molar-refractivity contribution >= 4 is 11.0 Å². The first-order valence-electron chi connectivity index (χ1n) is 9.16. The van der Waals surface area contributed by atoms with Gasteiger partial charge in [-0.2, -0.15) is 0 Å². The Bertz CT molecular complexity index is 722. The largest absolute Gasteiger partial charge is 0.326 e. The van der Waals surface area contributed by atoms with Crippen LogP contribution < -0.4 is 11.0 Å². The average Bonchev–Trinajstić information content (AvgIpc) is 2.97. The number of fused-ring (bicyclic) bond motifs is 1. The molecule has 1 aromatic carbocycles. The zero-order valence-corrected chi connectivity index (χ0v) is 14.2. The van der Waals surface area contributed by atoms with E-state index >= 15 is 0 Å². The second-order valence-electron chi connectivity index (χ2n) is 6.98. The number of H-pyrrole nitrogens is 1. The van der Waals surface area contributed by atoms with Gasteiger partial charge in [-0.3, -0.25) is 9.47 Å². The maximum absolute atomic E-state index is 12.3. The standard InChI is InChI=1S/C18H27N5O/c24-18-20-16-3-1-2-4-17(16)23(18)15-5-9-21(10-6-15)13-14-22-11-7-19-8-12-22/h1-4,15,19H,5-14H2,(H,20,24). The number of nitrogens with one attached hydrogen (secondary N) is 2. The molecule has 2 N–H and O–H groups in total. The normalized spacial score (nSPS) is 21.5. The van der Waals surface area contributed by atoms with E-state index in [1.54, 1.807) is 0 Å². The number of piperazine rings is 1. The van der Waals surface area contributed by atoms with Gasteiger partial charge in [-0.15, -0.1) is 0 Å². The van der Waals surface area contributed by atoms with E-state index in [9.17, 15) is 4.79 Å². The first-order valence-corrected chi connectivity index (χ1v) is 9.16. The Morgan fingerprint density at radius 2 is 1.62 bits per heavy atom. The number of benzene rings is 1. The Morgan fingerprint density at radius 3 is 2.38 bits per heavy atom. The summed E-state index contributed by atoms with van der Waals surface area (Å²) in [6.45, 7) is 9.06. The Kier molecular flexibility index (Phi) is 4.69. The van der Waals surface area contributed by atoms with Gasteiger partial charge in [-0.05, 0) is 25.0 Å². The molecular formula is C18H27N5O. The molecular weight excluding hydrogens is 302 g/mol. The first-order chi connectivity index (χ1) is 11.8. The summed E-state index contributed by atoms with van der Waals surface area (Å²) in [5.41, 5.74) is 2.03. The number of rotatable bonds is 4. The Balaban J connectivity index is 1.35. The Labute approximate surface area is 142 Å². The fourth-order valence-corrected chi connectivity index (χ4v) is 4.06. The zero-order chi connectivity index (χ0) is 16.4. The highest BCUT2D eigenvalue weighted by Crippen LogP contribution is 2.24. The molecule has 2 aliphatic heterocycles. The van der Waals surface area contributed by atoms with E-state index in [1.807, 2.05) is 28.8 Å². The highest BCUT2D eigenvalue weighted by molar-refractivity contribution is 5.75. The lowest BCUT2D eigenvalue weighted by atomic mass is 10.0. The van der Waals surface area contributed by atoms with Gasteiger partial charge in [0.1, 0.15) is 0 Å². The van der Waals surface area contributed by atoms with Gasteiger partial charge in [0.05, 0.1) is 11.0 Å². The molecule has 2 fully saturated rings. The Hall–Kier alpha value is -1.63. The molecule has 3 heterocycles. The van der Waals surface area contributed by atoms with Gasteiger partial charge in [0.2, 0.25) is 0 Å². The molecule has 0 aliphatic carbocycles. The number of hydrogen-bond acceptors (Lipinski definition) is 4. The monoisotopic (exact) mass is 329 g/mol. The molecule has 0 atom stereocenters. The lowest BCUT2D eigenvalue weighted by molar-refractivity contribution is 0.151. The van der Waals surface area contributed by atoms with Crippen LogP contribution in [0.15, 0.2) is 29.1 Å². The van der Waals surface area contributed by atoms with Gasteiger partial charge in [0.15, 0.2) is 0 Å². The van der Waals surface area contributed by atoms with Gasteiger partial charge in [0.25, 0.3) is 0 Å². The number of para-hydroxylation sites is 2. The van der Waals surface area contributed by atoms with Crippen molar-refractivity contribution in [1.82, 2.24) is 24.7 Å². The molecule has 6 heteroatoms. The molecule has 0 amide bonds. The van der Waals surface area contributed by atoms with Crippen molar-refractivity contribution in [3.8, 4) is 0 Å². The third kappa shape index (κ3) is 3.27. The number of imidazole rings is 1. The SMILES string of the molecule is O=c1[nH]c2ccccc2n1C1CCN(CCN2CCNCC2)CC1. The van der Waals surface area contributed by atoms with Gasteiger partial charge in [0, 0.05) is 58.4 Å². The molecule has 0 bridgehead atoms. The predicted octanol–water partition coefficient (Wildman–Crippen LogP) is 0.872. The number of aromatic nitrogens is 2. The van der Waals surface area contributed by atoms with Crippen molar-refractivity contribution in [3.05, 3.63) is 34.7 Å².